The number of nitrogens with one attached hydrogen (secondary N) is 2. The molecule has 0 heterocycles. The van der Waals surface area contributed by atoms with Crippen LogP contribution in [0, 0.1) is 12.7 Å². The first kappa shape index (κ1) is 15.0. The molecule has 2 aromatic rings. The van der Waals surface area contributed by atoms with E-state index in [9.17, 15) is 9.18 Å². The molecule has 4 N–H and O–H groups in total. The summed E-state index contributed by atoms with van der Waals surface area (Å²) in [6.07, 6.45) is 0. The first-order valence-corrected chi connectivity index (χ1v) is 6.65. The Kier molecular flexibility index (Phi) is 4.55. The molecule has 21 heavy (non-hydrogen) atoms. The standard InChI is InChI=1S/C16H18FN3O/c1-10-3-8-14(17)15(9-10)20-16(21)19-13-6-4-12(5-7-13)11(2)18/h3-9,11H,18H2,1-2H3,(H2,19,20,21). The second-order valence-corrected chi connectivity index (χ2v) is 4.97. The van der Waals surface area contributed by atoms with Gasteiger partial charge >= 0.3 is 6.03 Å². The first-order chi connectivity index (χ1) is 9.95. The van der Waals surface area contributed by atoms with Crippen LogP contribution in [0.5, 0.6) is 0 Å². The van der Waals surface area contributed by atoms with Crippen LogP contribution in [0.3, 0.4) is 0 Å². The lowest BCUT2D eigenvalue weighted by molar-refractivity contribution is 0.262. The lowest BCUT2D eigenvalue weighted by Gasteiger charge is -2.10. The van der Waals surface area contributed by atoms with Crippen molar-refractivity contribution in [3.8, 4) is 0 Å². The van der Waals surface area contributed by atoms with Gasteiger partial charge in [0.05, 0.1) is 5.69 Å². The zero-order valence-corrected chi connectivity index (χ0v) is 12.0. The summed E-state index contributed by atoms with van der Waals surface area (Å²) >= 11 is 0. The van der Waals surface area contributed by atoms with Gasteiger partial charge in [-0.15, -0.1) is 0 Å². The van der Waals surface area contributed by atoms with Gasteiger partial charge in [0.1, 0.15) is 5.82 Å². The van der Waals surface area contributed by atoms with Crippen LogP contribution < -0.4 is 16.4 Å². The molecule has 110 valence electrons. The number of hydrogen-bond acceptors (Lipinski definition) is 2. The molecule has 0 saturated carbocycles. The minimum absolute atomic E-state index is 0.0609. The Labute approximate surface area is 123 Å². The van der Waals surface area contributed by atoms with Gasteiger partial charge in [-0.25, -0.2) is 9.18 Å². The predicted octanol–water partition coefficient (Wildman–Crippen LogP) is 3.80. The summed E-state index contributed by atoms with van der Waals surface area (Å²) in [5, 5.41) is 5.13. The fourth-order valence-corrected chi connectivity index (χ4v) is 1.89. The average Bonchev–Trinajstić information content (AvgIpc) is 2.43. The number of anilines is 2. The van der Waals surface area contributed by atoms with Crippen molar-refractivity contribution >= 4 is 17.4 Å². The van der Waals surface area contributed by atoms with Crippen LogP contribution in [0.2, 0.25) is 0 Å². The smallest absolute Gasteiger partial charge is 0.323 e. The van der Waals surface area contributed by atoms with Gasteiger partial charge in [-0.3, -0.25) is 0 Å². The Morgan fingerprint density at radius 1 is 1.14 bits per heavy atom. The third-order valence-corrected chi connectivity index (χ3v) is 3.06. The van der Waals surface area contributed by atoms with E-state index in [2.05, 4.69) is 10.6 Å². The molecule has 4 nitrogen and oxygen atoms in total. The number of amides is 2. The zero-order valence-electron chi connectivity index (χ0n) is 12.0. The quantitative estimate of drug-likeness (QED) is 0.803. The van der Waals surface area contributed by atoms with Gasteiger partial charge in [-0.2, -0.15) is 0 Å². The molecule has 0 radical (unpaired) electrons. The summed E-state index contributed by atoms with van der Waals surface area (Å²) in [4.78, 5) is 11.9. The lowest BCUT2D eigenvalue weighted by atomic mass is 10.1. The molecule has 0 aliphatic heterocycles. The van der Waals surface area contributed by atoms with Crippen molar-refractivity contribution in [2.75, 3.05) is 10.6 Å². The van der Waals surface area contributed by atoms with Gasteiger partial charge in [-0.05, 0) is 49.2 Å². The third-order valence-electron chi connectivity index (χ3n) is 3.06. The number of aryl methyl sites for hydroxylation is 1. The molecular formula is C16H18FN3O. The highest BCUT2D eigenvalue weighted by molar-refractivity contribution is 5.99. The summed E-state index contributed by atoms with van der Waals surface area (Å²) in [6, 6.07) is 11.2. The Balaban J connectivity index is 2.03. The second-order valence-electron chi connectivity index (χ2n) is 4.97. The lowest BCUT2D eigenvalue weighted by Crippen LogP contribution is -2.20. The van der Waals surface area contributed by atoms with Crippen molar-refractivity contribution in [1.82, 2.24) is 0 Å². The van der Waals surface area contributed by atoms with E-state index in [1.807, 2.05) is 26.0 Å². The molecular weight excluding hydrogens is 269 g/mol. The SMILES string of the molecule is Cc1ccc(F)c(NC(=O)Nc2ccc(C(C)N)cc2)c1. The van der Waals surface area contributed by atoms with Gasteiger partial charge in [0.25, 0.3) is 0 Å². The Morgan fingerprint density at radius 3 is 2.43 bits per heavy atom. The fourth-order valence-electron chi connectivity index (χ4n) is 1.89. The molecule has 2 aromatic carbocycles. The summed E-state index contributed by atoms with van der Waals surface area (Å²) in [5.41, 5.74) is 8.37. The Morgan fingerprint density at radius 2 is 1.81 bits per heavy atom. The van der Waals surface area contributed by atoms with E-state index in [4.69, 9.17) is 5.73 Å². The highest BCUT2D eigenvalue weighted by Crippen LogP contribution is 2.17. The van der Waals surface area contributed by atoms with Crippen molar-refractivity contribution in [2.45, 2.75) is 19.9 Å². The van der Waals surface area contributed by atoms with Gasteiger partial charge in [0, 0.05) is 11.7 Å². The number of halogens is 1. The van der Waals surface area contributed by atoms with Gasteiger partial charge < -0.3 is 16.4 Å². The molecule has 1 atom stereocenters. The van der Waals surface area contributed by atoms with Crippen molar-refractivity contribution in [2.24, 2.45) is 5.73 Å². The number of urea groups is 1. The van der Waals surface area contributed by atoms with E-state index in [1.165, 1.54) is 6.07 Å². The molecule has 0 saturated heterocycles. The molecule has 0 fully saturated rings. The zero-order chi connectivity index (χ0) is 15.4. The molecule has 0 aliphatic rings. The minimum Gasteiger partial charge on any atom is -0.324 e. The molecule has 1 unspecified atom stereocenters. The van der Waals surface area contributed by atoms with E-state index < -0.39 is 11.8 Å². The van der Waals surface area contributed by atoms with Gasteiger partial charge in [-0.1, -0.05) is 18.2 Å². The highest BCUT2D eigenvalue weighted by atomic mass is 19.1. The van der Waals surface area contributed by atoms with Crippen molar-refractivity contribution in [1.29, 1.82) is 0 Å². The van der Waals surface area contributed by atoms with Gasteiger partial charge in [0.15, 0.2) is 0 Å². The van der Waals surface area contributed by atoms with E-state index in [0.29, 0.717) is 5.69 Å². The van der Waals surface area contributed by atoms with Crippen LogP contribution in [0.15, 0.2) is 42.5 Å². The van der Waals surface area contributed by atoms with Crippen molar-refractivity contribution < 1.29 is 9.18 Å². The summed E-state index contributed by atoms with van der Waals surface area (Å²) in [5.74, 6) is -0.469. The van der Waals surface area contributed by atoms with Crippen LogP contribution >= 0.6 is 0 Å². The normalized spacial score (nSPS) is 11.8. The number of hydrogen-bond donors (Lipinski definition) is 3. The first-order valence-electron chi connectivity index (χ1n) is 6.65. The number of carbonyl (C=O) groups is 1. The maximum absolute atomic E-state index is 13.6. The van der Waals surface area contributed by atoms with Gasteiger partial charge in [0.2, 0.25) is 0 Å². The number of carbonyl (C=O) groups excluding carboxylic acids is 1. The van der Waals surface area contributed by atoms with Crippen molar-refractivity contribution in [3.63, 3.8) is 0 Å². The third kappa shape index (κ3) is 4.03. The molecule has 5 heteroatoms. The maximum atomic E-state index is 13.6. The molecule has 0 spiro atoms. The maximum Gasteiger partial charge on any atom is 0.323 e. The number of rotatable bonds is 3. The van der Waals surface area contributed by atoms with E-state index in [1.54, 1.807) is 24.3 Å². The number of benzene rings is 2. The van der Waals surface area contributed by atoms with Crippen LogP contribution in [0.25, 0.3) is 0 Å². The summed E-state index contributed by atoms with van der Waals surface area (Å²) in [6.45, 7) is 3.71. The molecule has 2 rings (SSSR count). The summed E-state index contributed by atoms with van der Waals surface area (Å²) in [7, 11) is 0. The van der Waals surface area contributed by atoms with E-state index in [0.717, 1.165) is 11.1 Å². The van der Waals surface area contributed by atoms with E-state index in [-0.39, 0.29) is 11.7 Å². The highest BCUT2D eigenvalue weighted by Gasteiger charge is 2.07. The molecule has 2 amide bonds. The Bertz CT molecular complexity index is 638. The average molecular weight is 287 g/mol. The topological polar surface area (TPSA) is 67.2 Å². The Hall–Kier alpha value is -2.40. The minimum atomic E-state index is -0.493. The second kappa shape index (κ2) is 6.37. The monoisotopic (exact) mass is 287 g/mol. The fraction of sp³-hybridized carbons (Fsp3) is 0.188. The largest absolute Gasteiger partial charge is 0.324 e. The molecule has 0 aromatic heterocycles. The number of nitrogens with two attached hydrogens (primary N) is 1. The van der Waals surface area contributed by atoms with Crippen LogP contribution in [0.1, 0.15) is 24.1 Å². The molecule has 0 aliphatic carbocycles. The van der Waals surface area contributed by atoms with Crippen LogP contribution in [-0.2, 0) is 0 Å². The summed E-state index contributed by atoms with van der Waals surface area (Å²) < 4.78 is 13.6. The van der Waals surface area contributed by atoms with E-state index >= 15 is 0 Å². The molecule has 0 bridgehead atoms. The van der Waals surface area contributed by atoms with Crippen LogP contribution in [0.4, 0.5) is 20.6 Å². The predicted molar refractivity (Wildman–Crippen MR) is 82.8 cm³/mol. The van der Waals surface area contributed by atoms with Crippen molar-refractivity contribution in [3.05, 3.63) is 59.4 Å². The van der Waals surface area contributed by atoms with Crippen LogP contribution in [-0.4, -0.2) is 6.03 Å².